The standard InChI is InChI=1S/C15H24N2O3/c1-10(2)8-15(3,19)9-17-14(18)12-6-5-11(16)7-13(12)20-4/h5-7,10,19H,8-9,16H2,1-4H3,(H,17,18). The van der Waals surface area contributed by atoms with Crippen LogP contribution in [0.15, 0.2) is 18.2 Å². The van der Waals surface area contributed by atoms with Crippen molar-refractivity contribution in [3.8, 4) is 5.75 Å². The molecule has 0 aliphatic heterocycles. The number of nitrogens with one attached hydrogen (secondary N) is 1. The molecule has 0 saturated carbocycles. The monoisotopic (exact) mass is 280 g/mol. The maximum absolute atomic E-state index is 12.1. The lowest BCUT2D eigenvalue weighted by Gasteiger charge is -2.25. The average Bonchev–Trinajstić information content (AvgIpc) is 2.34. The number of carbonyl (C=O) groups excluding carboxylic acids is 1. The van der Waals surface area contributed by atoms with Gasteiger partial charge in [0.1, 0.15) is 5.75 Å². The summed E-state index contributed by atoms with van der Waals surface area (Å²) in [5.74, 6) is 0.491. The zero-order chi connectivity index (χ0) is 15.3. The summed E-state index contributed by atoms with van der Waals surface area (Å²) in [6, 6.07) is 4.85. The Bertz CT molecular complexity index is 470. The van der Waals surface area contributed by atoms with Crippen molar-refractivity contribution in [1.82, 2.24) is 5.32 Å². The molecular formula is C15H24N2O3. The number of nitrogen functional groups attached to an aromatic ring is 1. The highest BCUT2D eigenvalue weighted by Gasteiger charge is 2.23. The van der Waals surface area contributed by atoms with Crippen molar-refractivity contribution < 1.29 is 14.6 Å². The highest BCUT2D eigenvalue weighted by atomic mass is 16.5. The third kappa shape index (κ3) is 4.74. The van der Waals surface area contributed by atoms with Gasteiger partial charge >= 0.3 is 0 Å². The number of nitrogens with two attached hydrogens (primary N) is 1. The summed E-state index contributed by atoms with van der Waals surface area (Å²) >= 11 is 0. The normalized spacial score (nSPS) is 13.9. The molecule has 5 heteroatoms. The molecule has 0 heterocycles. The van der Waals surface area contributed by atoms with Gasteiger partial charge in [-0.05, 0) is 31.4 Å². The van der Waals surface area contributed by atoms with Crippen LogP contribution >= 0.6 is 0 Å². The van der Waals surface area contributed by atoms with E-state index in [4.69, 9.17) is 10.5 Å². The summed E-state index contributed by atoms with van der Waals surface area (Å²) in [5.41, 5.74) is 5.66. The van der Waals surface area contributed by atoms with Gasteiger partial charge in [0.25, 0.3) is 5.91 Å². The van der Waals surface area contributed by atoms with Gasteiger partial charge in [0.15, 0.2) is 0 Å². The number of carbonyl (C=O) groups is 1. The smallest absolute Gasteiger partial charge is 0.255 e. The SMILES string of the molecule is COc1cc(N)ccc1C(=O)NCC(C)(O)CC(C)C. The highest BCUT2D eigenvalue weighted by Crippen LogP contribution is 2.22. The molecule has 0 aromatic heterocycles. The second-order valence-electron chi connectivity index (χ2n) is 5.74. The summed E-state index contributed by atoms with van der Waals surface area (Å²) < 4.78 is 5.14. The molecule has 0 aliphatic carbocycles. The highest BCUT2D eigenvalue weighted by molar-refractivity contribution is 5.97. The number of benzene rings is 1. The van der Waals surface area contributed by atoms with Gasteiger partial charge in [-0.15, -0.1) is 0 Å². The van der Waals surface area contributed by atoms with Gasteiger partial charge < -0.3 is 20.9 Å². The number of hydrogen-bond donors (Lipinski definition) is 3. The summed E-state index contributed by atoms with van der Waals surface area (Å²) in [6.07, 6.45) is 0.617. The molecule has 1 aromatic rings. The lowest BCUT2D eigenvalue weighted by atomic mass is 9.94. The molecular weight excluding hydrogens is 256 g/mol. The number of rotatable bonds is 6. The van der Waals surface area contributed by atoms with Gasteiger partial charge in [0.2, 0.25) is 0 Å². The van der Waals surface area contributed by atoms with Crippen LogP contribution in [0.1, 0.15) is 37.6 Å². The van der Waals surface area contributed by atoms with E-state index in [-0.39, 0.29) is 12.5 Å². The first-order chi connectivity index (χ1) is 9.25. The third-order valence-corrected chi connectivity index (χ3v) is 2.95. The van der Waals surface area contributed by atoms with Crippen LogP contribution in [0.25, 0.3) is 0 Å². The lowest BCUT2D eigenvalue weighted by molar-refractivity contribution is 0.0368. The molecule has 1 rings (SSSR count). The van der Waals surface area contributed by atoms with Crippen molar-refractivity contribution in [3.05, 3.63) is 23.8 Å². The minimum Gasteiger partial charge on any atom is -0.496 e. The molecule has 0 saturated heterocycles. The van der Waals surface area contributed by atoms with E-state index in [1.807, 2.05) is 13.8 Å². The fourth-order valence-electron chi connectivity index (χ4n) is 2.21. The number of aliphatic hydroxyl groups is 1. The van der Waals surface area contributed by atoms with Crippen molar-refractivity contribution >= 4 is 11.6 Å². The van der Waals surface area contributed by atoms with E-state index in [0.29, 0.717) is 29.3 Å². The van der Waals surface area contributed by atoms with E-state index < -0.39 is 5.60 Å². The van der Waals surface area contributed by atoms with Crippen molar-refractivity contribution in [2.45, 2.75) is 32.8 Å². The summed E-state index contributed by atoms with van der Waals surface area (Å²) in [7, 11) is 1.49. The van der Waals surface area contributed by atoms with E-state index in [2.05, 4.69) is 5.32 Å². The molecule has 1 unspecified atom stereocenters. The van der Waals surface area contributed by atoms with Gasteiger partial charge in [-0.2, -0.15) is 0 Å². The number of hydrogen-bond acceptors (Lipinski definition) is 4. The average molecular weight is 280 g/mol. The quantitative estimate of drug-likeness (QED) is 0.694. The van der Waals surface area contributed by atoms with Crippen LogP contribution in [0.4, 0.5) is 5.69 Å². The second kappa shape index (κ2) is 6.61. The Morgan fingerprint density at radius 3 is 2.70 bits per heavy atom. The Balaban J connectivity index is 2.72. The predicted molar refractivity (Wildman–Crippen MR) is 79.8 cm³/mol. The zero-order valence-corrected chi connectivity index (χ0v) is 12.6. The second-order valence-corrected chi connectivity index (χ2v) is 5.74. The number of ether oxygens (including phenoxy) is 1. The maximum atomic E-state index is 12.1. The molecule has 0 bridgehead atoms. The predicted octanol–water partition coefficient (Wildman–Crippen LogP) is 1.80. The van der Waals surface area contributed by atoms with Crippen LogP contribution in [-0.2, 0) is 0 Å². The van der Waals surface area contributed by atoms with Gasteiger partial charge in [0.05, 0.1) is 18.3 Å². The number of amides is 1. The van der Waals surface area contributed by atoms with Crippen LogP contribution in [0.3, 0.4) is 0 Å². The summed E-state index contributed by atoms with van der Waals surface area (Å²) in [4.78, 5) is 12.1. The summed E-state index contributed by atoms with van der Waals surface area (Å²) in [6.45, 7) is 5.96. The van der Waals surface area contributed by atoms with E-state index in [0.717, 1.165) is 0 Å². The van der Waals surface area contributed by atoms with E-state index >= 15 is 0 Å². The molecule has 1 amide bonds. The van der Waals surface area contributed by atoms with Crippen LogP contribution < -0.4 is 15.8 Å². The summed E-state index contributed by atoms with van der Waals surface area (Å²) in [5, 5.41) is 12.9. The van der Waals surface area contributed by atoms with Gasteiger partial charge in [0, 0.05) is 18.3 Å². The molecule has 4 N–H and O–H groups in total. The molecule has 5 nitrogen and oxygen atoms in total. The van der Waals surface area contributed by atoms with Crippen molar-refractivity contribution in [2.75, 3.05) is 19.4 Å². The van der Waals surface area contributed by atoms with Gasteiger partial charge in [-0.3, -0.25) is 4.79 Å². The van der Waals surface area contributed by atoms with Crippen LogP contribution in [-0.4, -0.2) is 30.3 Å². The van der Waals surface area contributed by atoms with Gasteiger partial charge in [-0.25, -0.2) is 0 Å². The Kier molecular flexibility index (Phi) is 5.39. The Hall–Kier alpha value is -1.75. The molecule has 1 aromatic carbocycles. The Morgan fingerprint density at radius 1 is 1.50 bits per heavy atom. The number of methoxy groups -OCH3 is 1. The van der Waals surface area contributed by atoms with Gasteiger partial charge in [-0.1, -0.05) is 13.8 Å². The fourth-order valence-corrected chi connectivity index (χ4v) is 2.21. The fraction of sp³-hybridized carbons (Fsp3) is 0.533. The minimum atomic E-state index is -0.926. The van der Waals surface area contributed by atoms with E-state index in [9.17, 15) is 9.90 Å². The topological polar surface area (TPSA) is 84.6 Å². The molecule has 20 heavy (non-hydrogen) atoms. The molecule has 112 valence electrons. The zero-order valence-electron chi connectivity index (χ0n) is 12.6. The largest absolute Gasteiger partial charge is 0.496 e. The molecule has 0 spiro atoms. The van der Waals surface area contributed by atoms with Crippen molar-refractivity contribution in [2.24, 2.45) is 5.92 Å². The first-order valence-electron chi connectivity index (χ1n) is 6.69. The molecule has 1 atom stereocenters. The Labute approximate surface area is 120 Å². The van der Waals surface area contributed by atoms with Crippen molar-refractivity contribution in [3.63, 3.8) is 0 Å². The third-order valence-electron chi connectivity index (χ3n) is 2.95. The Morgan fingerprint density at radius 2 is 2.15 bits per heavy atom. The van der Waals surface area contributed by atoms with Crippen LogP contribution in [0.5, 0.6) is 5.75 Å². The first-order valence-corrected chi connectivity index (χ1v) is 6.69. The number of anilines is 1. The lowest BCUT2D eigenvalue weighted by Crippen LogP contribution is -2.41. The van der Waals surface area contributed by atoms with E-state index in [1.54, 1.807) is 25.1 Å². The molecule has 0 radical (unpaired) electrons. The minimum absolute atomic E-state index is 0.192. The van der Waals surface area contributed by atoms with E-state index in [1.165, 1.54) is 7.11 Å². The van der Waals surface area contributed by atoms with Crippen molar-refractivity contribution in [1.29, 1.82) is 0 Å². The van der Waals surface area contributed by atoms with Crippen LogP contribution in [0.2, 0.25) is 0 Å². The molecule has 0 aliphatic rings. The maximum Gasteiger partial charge on any atom is 0.255 e. The molecule has 0 fully saturated rings. The first kappa shape index (κ1) is 16.3. The van der Waals surface area contributed by atoms with Crippen LogP contribution in [0, 0.1) is 5.92 Å².